The van der Waals surface area contributed by atoms with Gasteiger partial charge < -0.3 is 10.1 Å². The average Bonchev–Trinajstić information content (AvgIpc) is 2.66. The van der Waals surface area contributed by atoms with Crippen molar-refractivity contribution in [2.75, 3.05) is 0 Å². The van der Waals surface area contributed by atoms with E-state index < -0.39 is 11.7 Å². The third-order valence-corrected chi connectivity index (χ3v) is 2.78. The molecule has 0 radical (unpaired) electrons. The summed E-state index contributed by atoms with van der Waals surface area (Å²) in [4.78, 5) is 12.7. The van der Waals surface area contributed by atoms with Crippen molar-refractivity contribution in [3.05, 3.63) is 22.4 Å². The highest BCUT2D eigenvalue weighted by Gasteiger charge is 2.18. The third kappa shape index (κ3) is 5.41. The van der Waals surface area contributed by atoms with Crippen LogP contribution in [0.5, 0.6) is 0 Å². The second-order valence-corrected chi connectivity index (χ2v) is 5.68. The highest BCUT2D eigenvalue weighted by molar-refractivity contribution is 7.09. The topological polar surface area (TPSA) is 38.3 Å². The number of nitrogens with one attached hydrogen (secondary N) is 1. The van der Waals surface area contributed by atoms with E-state index in [4.69, 9.17) is 11.2 Å². The fourth-order valence-electron chi connectivity index (χ4n) is 1.23. The minimum absolute atomic E-state index is 0.330. The minimum Gasteiger partial charge on any atom is -0.444 e. The van der Waals surface area contributed by atoms with E-state index in [-0.39, 0.29) is 6.04 Å². The van der Waals surface area contributed by atoms with Gasteiger partial charge in [0, 0.05) is 11.3 Å². The normalized spacial score (nSPS) is 12.6. The van der Waals surface area contributed by atoms with E-state index in [1.54, 1.807) is 11.3 Å². The number of carbonyl (C=O) groups is 1. The standard InChI is InChI=1S/C13H17NO2S/c1-5-10(9-11-7-6-8-17-11)14-12(15)16-13(2,3)4/h1,6-8,10H,9H2,2-4H3,(H,14,15). The van der Waals surface area contributed by atoms with Gasteiger partial charge in [0.25, 0.3) is 0 Å². The number of thiophene rings is 1. The maximum absolute atomic E-state index is 11.5. The predicted octanol–water partition coefficient (Wildman–Crippen LogP) is 2.82. The molecule has 0 saturated heterocycles. The van der Waals surface area contributed by atoms with Gasteiger partial charge in [0.1, 0.15) is 5.60 Å². The monoisotopic (exact) mass is 251 g/mol. The fourth-order valence-corrected chi connectivity index (χ4v) is 1.98. The summed E-state index contributed by atoms with van der Waals surface area (Å²) in [5, 5.41) is 4.65. The van der Waals surface area contributed by atoms with Gasteiger partial charge >= 0.3 is 6.09 Å². The molecule has 1 unspecified atom stereocenters. The molecule has 0 saturated carbocycles. The van der Waals surface area contributed by atoms with Crippen LogP contribution in [0.4, 0.5) is 4.79 Å². The van der Waals surface area contributed by atoms with Crippen LogP contribution in [0.1, 0.15) is 25.6 Å². The van der Waals surface area contributed by atoms with Crippen LogP contribution >= 0.6 is 11.3 Å². The summed E-state index contributed by atoms with van der Waals surface area (Å²) in [7, 11) is 0. The van der Waals surface area contributed by atoms with Crippen LogP contribution in [0.2, 0.25) is 0 Å². The van der Waals surface area contributed by atoms with Crippen LogP contribution in [0, 0.1) is 12.3 Å². The van der Waals surface area contributed by atoms with Gasteiger partial charge in [-0.2, -0.15) is 0 Å². The van der Waals surface area contributed by atoms with E-state index in [1.165, 1.54) is 0 Å². The average molecular weight is 251 g/mol. The van der Waals surface area contributed by atoms with Crippen molar-refractivity contribution in [3.63, 3.8) is 0 Å². The Morgan fingerprint density at radius 3 is 2.82 bits per heavy atom. The van der Waals surface area contributed by atoms with Crippen LogP contribution in [0.3, 0.4) is 0 Å². The maximum Gasteiger partial charge on any atom is 0.408 e. The van der Waals surface area contributed by atoms with Gasteiger partial charge in [0.15, 0.2) is 0 Å². The van der Waals surface area contributed by atoms with Gasteiger partial charge in [0.2, 0.25) is 0 Å². The molecule has 17 heavy (non-hydrogen) atoms. The van der Waals surface area contributed by atoms with Gasteiger partial charge in [-0.15, -0.1) is 17.8 Å². The van der Waals surface area contributed by atoms with Crippen molar-refractivity contribution < 1.29 is 9.53 Å². The zero-order valence-electron chi connectivity index (χ0n) is 10.3. The van der Waals surface area contributed by atoms with Crippen LogP contribution in [-0.2, 0) is 11.2 Å². The lowest BCUT2D eigenvalue weighted by Gasteiger charge is -2.21. The Hall–Kier alpha value is -1.47. The molecule has 0 aliphatic rings. The molecule has 0 aromatic carbocycles. The summed E-state index contributed by atoms with van der Waals surface area (Å²) in [6.45, 7) is 5.45. The van der Waals surface area contributed by atoms with E-state index in [9.17, 15) is 4.79 Å². The number of amides is 1. The molecular weight excluding hydrogens is 234 g/mol. The molecule has 1 N–H and O–H groups in total. The molecule has 4 heteroatoms. The molecule has 1 atom stereocenters. The number of hydrogen-bond acceptors (Lipinski definition) is 3. The largest absolute Gasteiger partial charge is 0.444 e. The molecule has 0 aliphatic heterocycles. The maximum atomic E-state index is 11.5. The van der Waals surface area contributed by atoms with Crippen molar-refractivity contribution in [2.45, 2.75) is 38.8 Å². The summed E-state index contributed by atoms with van der Waals surface area (Å²) in [6, 6.07) is 3.62. The number of carbonyl (C=O) groups excluding carboxylic acids is 1. The van der Waals surface area contributed by atoms with E-state index in [0.717, 1.165) is 4.88 Å². The Morgan fingerprint density at radius 1 is 1.65 bits per heavy atom. The molecule has 1 aromatic heterocycles. The predicted molar refractivity (Wildman–Crippen MR) is 70.0 cm³/mol. The Balaban J connectivity index is 2.48. The summed E-state index contributed by atoms with van der Waals surface area (Å²) >= 11 is 1.62. The first-order chi connectivity index (χ1) is 7.90. The van der Waals surface area contributed by atoms with Crippen LogP contribution < -0.4 is 5.32 Å². The molecule has 1 rings (SSSR count). The number of ether oxygens (including phenoxy) is 1. The zero-order chi connectivity index (χ0) is 12.9. The molecular formula is C13H17NO2S. The second kappa shape index (κ2) is 5.74. The highest BCUT2D eigenvalue weighted by atomic mass is 32.1. The highest BCUT2D eigenvalue weighted by Crippen LogP contribution is 2.12. The quantitative estimate of drug-likeness (QED) is 0.839. The molecule has 0 bridgehead atoms. The Bertz CT molecular complexity index is 398. The fraction of sp³-hybridized carbons (Fsp3) is 0.462. The summed E-state index contributed by atoms with van der Waals surface area (Å²) in [5.41, 5.74) is -0.508. The molecule has 3 nitrogen and oxygen atoms in total. The first-order valence-electron chi connectivity index (χ1n) is 5.39. The van der Waals surface area contributed by atoms with E-state index in [0.29, 0.717) is 6.42 Å². The smallest absolute Gasteiger partial charge is 0.408 e. The summed E-state index contributed by atoms with van der Waals surface area (Å²) in [5.74, 6) is 2.55. The lowest BCUT2D eigenvalue weighted by atomic mass is 10.2. The van der Waals surface area contributed by atoms with Crippen molar-refractivity contribution in [1.82, 2.24) is 5.32 Å². The van der Waals surface area contributed by atoms with E-state index >= 15 is 0 Å². The van der Waals surface area contributed by atoms with Crippen molar-refractivity contribution in [1.29, 1.82) is 0 Å². The van der Waals surface area contributed by atoms with Crippen molar-refractivity contribution in [2.24, 2.45) is 0 Å². The second-order valence-electron chi connectivity index (χ2n) is 4.65. The molecule has 0 fully saturated rings. The van der Waals surface area contributed by atoms with Gasteiger partial charge in [-0.3, -0.25) is 0 Å². The lowest BCUT2D eigenvalue weighted by Crippen LogP contribution is -2.39. The molecule has 92 valence electrons. The first-order valence-corrected chi connectivity index (χ1v) is 6.27. The third-order valence-electron chi connectivity index (χ3n) is 1.88. The van der Waals surface area contributed by atoms with E-state index in [1.807, 2.05) is 38.3 Å². The Morgan fingerprint density at radius 2 is 2.35 bits per heavy atom. The molecule has 0 aliphatic carbocycles. The number of rotatable bonds is 3. The van der Waals surface area contributed by atoms with Gasteiger partial charge in [-0.05, 0) is 32.2 Å². The SMILES string of the molecule is C#CC(Cc1cccs1)NC(=O)OC(C)(C)C. The van der Waals surface area contributed by atoms with E-state index in [2.05, 4.69) is 11.2 Å². The van der Waals surface area contributed by atoms with Crippen LogP contribution in [0.15, 0.2) is 17.5 Å². The van der Waals surface area contributed by atoms with Gasteiger partial charge in [-0.25, -0.2) is 4.79 Å². The molecule has 1 aromatic rings. The molecule has 0 spiro atoms. The Labute approximate surface area is 106 Å². The minimum atomic E-state index is -0.508. The van der Waals surface area contributed by atoms with Gasteiger partial charge in [0.05, 0.1) is 6.04 Å². The number of terminal acetylenes is 1. The molecule has 1 heterocycles. The lowest BCUT2D eigenvalue weighted by molar-refractivity contribution is 0.0516. The van der Waals surface area contributed by atoms with Gasteiger partial charge in [-0.1, -0.05) is 12.0 Å². The summed E-state index contributed by atoms with van der Waals surface area (Å²) in [6.07, 6.45) is 5.54. The van der Waals surface area contributed by atoms with Crippen LogP contribution in [0.25, 0.3) is 0 Å². The number of hydrogen-bond donors (Lipinski definition) is 1. The summed E-state index contributed by atoms with van der Waals surface area (Å²) < 4.78 is 5.15. The molecule has 1 amide bonds. The van der Waals surface area contributed by atoms with Crippen molar-refractivity contribution in [3.8, 4) is 12.3 Å². The first kappa shape index (κ1) is 13.6. The Kier molecular flexibility index (Phi) is 4.59. The van der Waals surface area contributed by atoms with Crippen LogP contribution in [-0.4, -0.2) is 17.7 Å². The number of alkyl carbamates (subject to hydrolysis) is 1. The zero-order valence-corrected chi connectivity index (χ0v) is 11.1. The van der Waals surface area contributed by atoms with Crippen molar-refractivity contribution >= 4 is 17.4 Å².